The minimum Gasteiger partial charge on any atom is -0.507 e. The molecule has 0 radical (unpaired) electrons. The summed E-state index contributed by atoms with van der Waals surface area (Å²) >= 11 is 0. The Hall–Kier alpha value is -3.02. The number of hydrogen-bond acceptors (Lipinski definition) is 5. The Morgan fingerprint density at radius 1 is 1.27 bits per heavy atom. The molecule has 1 aromatic carbocycles. The van der Waals surface area contributed by atoms with Crippen LogP contribution < -0.4 is 10.1 Å². The third kappa shape index (κ3) is 2.24. The normalized spacial score (nSPS) is 20.0. The minimum atomic E-state index is -0.804. The molecular weight excluding hydrogens is 286 g/mol. The molecule has 0 spiro atoms. The van der Waals surface area contributed by atoms with E-state index in [0.29, 0.717) is 17.1 Å². The highest BCUT2D eigenvalue weighted by molar-refractivity contribution is 6.46. The number of aliphatic hydroxyl groups excluding tert-OH is 1. The third-order valence-corrected chi connectivity index (χ3v) is 3.44. The van der Waals surface area contributed by atoms with Crippen molar-refractivity contribution >= 4 is 17.4 Å². The quantitative estimate of drug-likeness (QED) is 0.514. The fourth-order valence-corrected chi connectivity index (χ4v) is 2.36. The monoisotopic (exact) mass is 299 g/mol. The van der Waals surface area contributed by atoms with E-state index in [1.54, 1.807) is 36.4 Å². The van der Waals surface area contributed by atoms with Gasteiger partial charge in [-0.15, -0.1) is 0 Å². The molecule has 1 aliphatic rings. The molecule has 1 fully saturated rings. The number of methoxy groups -OCH3 is 1. The van der Waals surface area contributed by atoms with Crippen LogP contribution in [0, 0.1) is 0 Å². The lowest BCUT2D eigenvalue weighted by atomic mass is 9.99. The number of ether oxygens (including phenoxy) is 1. The Bertz CT molecular complexity index is 761. The van der Waals surface area contributed by atoms with Crippen LogP contribution in [-0.4, -0.2) is 23.9 Å². The average Bonchev–Trinajstić information content (AvgIpc) is 3.16. The lowest BCUT2D eigenvalue weighted by Crippen LogP contribution is -2.20. The van der Waals surface area contributed by atoms with Crippen molar-refractivity contribution in [2.75, 3.05) is 7.11 Å². The fraction of sp³-hybridized carbons (Fsp3) is 0.125. The van der Waals surface area contributed by atoms with Crippen LogP contribution in [0.1, 0.15) is 17.4 Å². The van der Waals surface area contributed by atoms with E-state index in [9.17, 15) is 14.7 Å². The van der Waals surface area contributed by atoms with Gasteiger partial charge >= 0.3 is 0 Å². The van der Waals surface area contributed by atoms with Gasteiger partial charge in [0.25, 0.3) is 11.7 Å². The predicted octanol–water partition coefficient (Wildman–Crippen LogP) is 2.00. The Balaban J connectivity index is 2.11. The van der Waals surface area contributed by atoms with Crippen molar-refractivity contribution < 1.29 is 23.8 Å². The van der Waals surface area contributed by atoms with Gasteiger partial charge in [-0.1, -0.05) is 12.1 Å². The maximum Gasteiger partial charge on any atom is 0.293 e. The SMILES string of the molecule is COc1cccc(/C(O)=C2\C(=O)C(=O)NC2c2ccco2)c1. The second-order valence-electron chi connectivity index (χ2n) is 4.75. The van der Waals surface area contributed by atoms with Gasteiger partial charge in [-0.05, 0) is 24.3 Å². The zero-order valence-corrected chi connectivity index (χ0v) is 11.7. The molecule has 1 amide bonds. The number of carbonyl (C=O) groups excluding carboxylic acids is 2. The summed E-state index contributed by atoms with van der Waals surface area (Å²) in [6, 6.07) is 9.07. The van der Waals surface area contributed by atoms with Crippen LogP contribution in [0.4, 0.5) is 0 Å². The Morgan fingerprint density at radius 3 is 2.77 bits per heavy atom. The number of rotatable bonds is 3. The number of Topliss-reactive ketones (excluding diaryl/α,β-unsaturated/α-hetero) is 1. The van der Waals surface area contributed by atoms with Crippen LogP contribution in [0.5, 0.6) is 5.75 Å². The van der Waals surface area contributed by atoms with Crippen molar-refractivity contribution in [1.82, 2.24) is 5.32 Å². The van der Waals surface area contributed by atoms with Crippen LogP contribution in [0.25, 0.3) is 5.76 Å². The Morgan fingerprint density at radius 2 is 2.09 bits per heavy atom. The van der Waals surface area contributed by atoms with Gasteiger partial charge in [0.2, 0.25) is 0 Å². The van der Waals surface area contributed by atoms with E-state index < -0.39 is 17.7 Å². The van der Waals surface area contributed by atoms with Crippen molar-refractivity contribution in [2.24, 2.45) is 0 Å². The van der Waals surface area contributed by atoms with E-state index in [2.05, 4.69) is 5.32 Å². The molecule has 2 aromatic rings. The summed E-state index contributed by atoms with van der Waals surface area (Å²) in [7, 11) is 1.50. The molecule has 2 heterocycles. The lowest BCUT2D eigenvalue weighted by Gasteiger charge is -2.11. The van der Waals surface area contributed by atoms with Crippen LogP contribution >= 0.6 is 0 Å². The summed E-state index contributed by atoms with van der Waals surface area (Å²) in [4.78, 5) is 23.8. The van der Waals surface area contributed by atoms with E-state index in [1.165, 1.54) is 13.4 Å². The highest BCUT2D eigenvalue weighted by Gasteiger charge is 2.40. The smallest absolute Gasteiger partial charge is 0.293 e. The average molecular weight is 299 g/mol. The van der Waals surface area contributed by atoms with E-state index >= 15 is 0 Å². The molecule has 2 N–H and O–H groups in total. The van der Waals surface area contributed by atoms with Gasteiger partial charge in [-0.2, -0.15) is 0 Å². The van der Waals surface area contributed by atoms with E-state index in [0.717, 1.165) is 0 Å². The Labute approximate surface area is 126 Å². The number of carbonyl (C=O) groups is 2. The maximum atomic E-state index is 12.1. The number of hydrogen-bond donors (Lipinski definition) is 2. The molecule has 1 atom stereocenters. The van der Waals surface area contributed by atoms with E-state index in [1.807, 2.05) is 0 Å². The summed E-state index contributed by atoms with van der Waals surface area (Å²) in [6.45, 7) is 0. The van der Waals surface area contributed by atoms with E-state index in [-0.39, 0.29) is 11.3 Å². The highest BCUT2D eigenvalue weighted by Crippen LogP contribution is 2.33. The van der Waals surface area contributed by atoms with Crippen LogP contribution in [0.2, 0.25) is 0 Å². The summed E-state index contributed by atoms with van der Waals surface area (Å²) in [6.07, 6.45) is 1.44. The molecule has 1 aliphatic heterocycles. The molecular formula is C16H13NO5. The second-order valence-corrected chi connectivity index (χ2v) is 4.75. The van der Waals surface area contributed by atoms with Crippen LogP contribution in [0.15, 0.2) is 52.7 Å². The first-order chi connectivity index (χ1) is 10.6. The number of furan rings is 1. The molecule has 6 heteroatoms. The van der Waals surface area contributed by atoms with Gasteiger partial charge < -0.3 is 19.6 Å². The summed E-state index contributed by atoms with van der Waals surface area (Å²) in [5.41, 5.74) is 0.351. The van der Waals surface area contributed by atoms with Crippen LogP contribution in [0.3, 0.4) is 0 Å². The number of amides is 1. The van der Waals surface area contributed by atoms with E-state index in [4.69, 9.17) is 9.15 Å². The van der Waals surface area contributed by atoms with Crippen molar-refractivity contribution in [3.05, 3.63) is 59.6 Å². The molecule has 112 valence electrons. The molecule has 1 unspecified atom stereocenters. The fourth-order valence-electron chi connectivity index (χ4n) is 2.36. The first-order valence-electron chi connectivity index (χ1n) is 6.58. The maximum absolute atomic E-state index is 12.1. The Kier molecular flexibility index (Phi) is 3.42. The molecule has 6 nitrogen and oxygen atoms in total. The summed E-state index contributed by atoms with van der Waals surface area (Å²) in [5.74, 6) is -0.913. The van der Waals surface area contributed by atoms with Gasteiger partial charge in [0, 0.05) is 5.56 Å². The van der Waals surface area contributed by atoms with Gasteiger partial charge in [0.15, 0.2) is 0 Å². The largest absolute Gasteiger partial charge is 0.507 e. The number of ketones is 1. The summed E-state index contributed by atoms with van der Waals surface area (Å²) in [5, 5.41) is 13.0. The van der Waals surface area contributed by atoms with Crippen molar-refractivity contribution in [2.45, 2.75) is 6.04 Å². The zero-order valence-electron chi connectivity index (χ0n) is 11.7. The second kappa shape index (κ2) is 5.40. The van der Waals surface area contributed by atoms with Gasteiger partial charge in [0.05, 0.1) is 18.9 Å². The first-order valence-corrected chi connectivity index (χ1v) is 6.58. The van der Waals surface area contributed by atoms with Crippen LogP contribution in [-0.2, 0) is 9.59 Å². The standard InChI is InChI=1S/C16H13NO5/c1-21-10-5-2-4-9(8-10)14(18)12-13(11-6-3-7-22-11)17-16(20)15(12)19/h2-8,13,18H,1H3,(H,17,20)/b14-12+. The molecule has 1 saturated heterocycles. The number of benzene rings is 1. The van der Waals surface area contributed by atoms with Crippen molar-refractivity contribution in [3.8, 4) is 5.75 Å². The van der Waals surface area contributed by atoms with Gasteiger partial charge in [-0.3, -0.25) is 9.59 Å². The summed E-state index contributed by atoms with van der Waals surface area (Å²) < 4.78 is 10.3. The third-order valence-electron chi connectivity index (χ3n) is 3.44. The lowest BCUT2D eigenvalue weighted by molar-refractivity contribution is -0.133. The molecule has 0 saturated carbocycles. The molecule has 22 heavy (non-hydrogen) atoms. The topological polar surface area (TPSA) is 88.8 Å². The van der Waals surface area contributed by atoms with Crippen molar-refractivity contribution in [3.63, 3.8) is 0 Å². The van der Waals surface area contributed by atoms with Gasteiger partial charge in [-0.25, -0.2) is 0 Å². The zero-order chi connectivity index (χ0) is 15.7. The predicted molar refractivity (Wildman–Crippen MR) is 77.1 cm³/mol. The highest BCUT2D eigenvalue weighted by atomic mass is 16.5. The van der Waals surface area contributed by atoms with Crippen molar-refractivity contribution in [1.29, 1.82) is 0 Å². The first kappa shape index (κ1) is 13.9. The minimum absolute atomic E-state index is 0.0341. The van der Waals surface area contributed by atoms with Gasteiger partial charge in [0.1, 0.15) is 23.3 Å². The molecule has 1 aromatic heterocycles. The number of aliphatic hydroxyl groups is 1. The molecule has 0 aliphatic carbocycles. The molecule has 0 bridgehead atoms. The number of nitrogens with one attached hydrogen (secondary N) is 1. The molecule has 3 rings (SSSR count).